The van der Waals surface area contributed by atoms with Crippen LogP contribution in [-0.2, 0) is 28.9 Å². The Balaban J connectivity index is 1.70. The van der Waals surface area contributed by atoms with Crippen molar-refractivity contribution >= 4 is 11.8 Å². The molecule has 160 valence electrons. The summed E-state index contributed by atoms with van der Waals surface area (Å²) < 4.78 is 13.4. The van der Waals surface area contributed by atoms with Crippen molar-refractivity contribution in [3.8, 4) is 5.75 Å². The smallest absolute Gasteiger partial charge is 0.305 e. The lowest BCUT2D eigenvalue weighted by molar-refractivity contribution is -0.140. The molecule has 1 aliphatic rings. The van der Waals surface area contributed by atoms with Gasteiger partial charge in [-0.1, -0.05) is 30.3 Å². The van der Waals surface area contributed by atoms with Crippen molar-refractivity contribution in [2.75, 3.05) is 7.11 Å². The molecule has 3 aromatic rings. The van der Waals surface area contributed by atoms with Crippen LogP contribution in [0.2, 0.25) is 0 Å². The molecule has 0 saturated carbocycles. The summed E-state index contributed by atoms with van der Waals surface area (Å²) in [6, 6.07) is 13.8. The van der Waals surface area contributed by atoms with Gasteiger partial charge < -0.3 is 14.0 Å². The molecule has 0 amide bonds. The summed E-state index contributed by atoms with van der Waals surface area (Å²) in [5.41, 5.74) is 3.74. The van der Waals surface area contributed by atoms with Gasteiger partial charge >= 0.3 is 5.97 Å². The minimum atomic E-state index is -0.274. The normalized spacial score (nSPS) is 14.0. The number of rotatable bonds is 8. The van der Waals surface area contributed by atoms with Gasteiger partial charge in [-0.05, 0) is 48.1 Å². The molecule has 0 saturated heterocycles. The number of hydrogen-bond donors (Lipinski definition) is 0. The predicted octanol–water partition coefficient (Wildman–Crippen LogP) is 4.33. The first-order chi connectivity index (χ1) is 15.2. The van der Waals surface area contributed by atoms with E-state index in [1.165, 1.54) is 7.11 Å². The molecule has 0 fully saturated rings. The highest BCUT2D eigenvalue weighted by Crippen LogP contribution is 2.35. The first-order valence-electron chi connectivity index (χ1n) is 10.6. The molecular formula is C25H26N2O4. The summed E-state index contributed by atoms with van der Waals surface area (Å²) in [6.07, 6.45) is 8.09. The molecule has 4 rings (SSSR count). The number of benzene rings is 2. The Bertz CT molecular complexity index is 1040. The molecule has 0 aliphatic heterocycles. The van der Waals surface area contributed by atoms with Gasteiger partial charge in [-0.3, -0.25) is 9.59 Å². The molecular weight excluding hydrogens is 392 g/mol. The fraction of sp³-hybridized carbons (Fsp3) is 0.320. The number of carbonyl (C=O) groups is 2. The molecule has 1 atom stereocenters. The van der Waals surface area contributed by atoms with E-state index < -0.39 is 0 Å². The van der Waals surface area contributed by atoms with E-state index in [2.05, 4.69) is 4.98 Å². The van der Waals surface area contributed by atoms with Gasteiger partial charge in [0.25, 0.3) is 0 Å². The van der Waals surface area contributed by atoms with E-state index in [1.807, 2.05) is 53.2 Å². The summed E-state index contributed by atoms with van der Waals surface area (Å²) in [5.74, 6) is 0.597. The number of Topliss-reactive ketones (excluding diaryl/α,β-unsaturated/α-hetero) is 1. The number of hydrogen-bond acceptors (Lipinski definition) is 5. The number of carbonyl (C=O) groups excluding carboxylic acids is 2. The van der Waals surface area contributed by atoms with Gasteiger partial charge in [0.1, 0.15) is 11.9 Å². The Hall–Kier alpha value is -3.41. The Morgan fingerprint density at radius 3 is 2.74 bits per heavy atom. The average Bonchev–Trinajstić information content (AvgIpc) is 3.31. The lowest BCUT2D eigenvalue weighted by Crippen LogP contribution is -2.18. The van der Waals surface area contributed by atoms with Crippen molar-refractivity contribution in [1.82, 2.24) is 9.55 Å². The van der Waals surface area contributed by atoms with Crippen molar-refractivity contribution in [3.05, 3.63) is 83.4 Å². The van der Waals surface area contributed by atoms with Crippen LogP contribution in [-0.4, -0.2) is 28.4 Å². The molecule has 0 spiro atoms. The van der Waals surface area contributed by atoms with Crippen LogP contribution in [0, 0.1) is 0 Å². The number of imidazole rings is 1. The van der Waals surface area contributed by atoms with Gasteiger partial charge in [0.15, 0.2) is 5.78 Å². The first-order valence-corrected chi connectivity index (χ1v) is 10.6. The third kappa shape index (κ3) is 4.85. The van der Waals surface area contributed by atoms with Crippen molar-refractivity contribution in [2.45, 2.75) is 44.8 Å². The van der Waals surface area contributed by atoms with Crippen LogP contribution in [0.15, 0.2) is 61.2 Å². The molecule has 2 aromatic carbocycles. The number of nitrogens with zero attached hydrogens (tertiary/aromatic N) is 2. The second kappa shape index (κ2) is 9.60. The lowest BCUT2D eigenvalue weighted by atomic mass is 9.85. The van der Waals surface area contributed by atoms with Gasteiger partial charge in [-0.2, -0.15) is 0 Å². The van der Waals surface area contributed by atoms with Crippen molar-refractivity contribution in [2.24, 2.45) is 0 Å². The van der Waals surface area contributed by atoms with E-state index in [0.29, 0.717) is 25.1 Å². The van der Waals surface area contributed by atoms with Crippen LogP contribution in [0.5, 0.6) is 5.75 Å². The van der Waals surface area contributed by atoms with Crippen LogP contribution in [0.25, 0.3) is 0 Å². The standard InChI is InChI=1S/C25H26N2O4/c1-30-25(29)13-11-21-19-8-5-9-22(28)20(19)10-12-23(21)31-24(16-27-15-14-26-17-27)18-6-3-2-4-7-18/h2-4,6-7,10,12,14-15,17,24H,5,8-9,11,13,16H2,1H3. The molecule has 6 heteroatoms. The largest absolute Gasteiger partial charge is 0.484 e. The van der Waals surface area contributed by atoms with E-state index >= 15 is 0 Å². The Morgan fingerprint density at radius 2 is 2.00 bits per heavy atom. The number of fused-ring (bicyclic) bond motifs is 1. The number of aromatic nitrogens is 2. The number of esters is 1. The van der Waals surface area contributed by atoms with E-state index in [0.717, 1.165) is 35.1 Å². The van der Waals surface area contributed by atoms with Crippen LogP contribution >= 0.6 is 0 Å². The zero-order valence-corrected chi connectivity index (χ0v) is 17.6. The van der Waals surface area contributed by atoms with Crippen molar-refractivity contribution in [1.29, 1.82) is 0 Å². The SMILES string of the molecule is COC(=O)CCc1c(OC(Cn2ccnc2)c2ccccc2)ccc2c1CCCC2=O. The third-order valence-electron chi connectivity index (χ3n) is 5.70. The fourth-order valence-corrected chi connectivity index (χ4v) is 4.11. The van der Waals surface area contributed by atoms with Crippen LogP contribution in [0.3, 0.4) is 0 Å². The number of ketones is 1. The summed E-state index contributed by atoms with van der Waals surface area (Å²) >= 11 is 0. The number of ether oxygens (including phenoxy) is 2. The van der Waals surface area contributed by atoms with Crippen LogP contribution in [0.4, 0.5) is 0 Å². The molecule has 1 aromatic heterocycles. The van der Waals surface area contributed by atoms with Gasteiger partial charge in [-0.25, -0.2) is 4.98 Å². The predicted molar refractivity (Wildman–Crippen MR) is 116 cm³/mol. The molecule has 1 unspecified atom stereocenters. The zero-order valence-electron chi connectivity index (χ0n) is 17.6. The second-order valence-electron chi connectivity index (χ2n) is 7.70. The summed E-state index contributed by atoms with van der Waals surface area (Å²) in [4.78, 5) is 28.4. The molecule has 0 N–H and O–H groups in total. The molecule has 1 aliphatic carbocycles. The maximum atomic E-state index is 12.5. The van der Waals surface area contributed by atoms with Gasteiger partial charge in [0.2, 0.25) is 0 Å². The quantitative estimate of drug-likeness (QED) is 0.509. The summed E-state index contributed by atoms with van der Waals surface area (Å²) in [5, 5.41) is 0. The van der Waals surface area contributed by atoms with Crippen molar-refractivity contribution < 1.29 is 19.1 Å². The van der Waals surface area contributed by atoms with Crippen LogP contribution in [0.1, 0.15) is 52.4 Å². The first kappa shape index (κ1) is 20.8. The highest BCUT2D eigenvalue weighted by atomic mass is 16.5. The Kier molecular flexibility index (Phi) is 6.46. The minimum Gasteiger partial charge on any atom is -0.484 e. The highest BCUT2D eigenvalue weighted by molar-refractivity contribution is 5.99. The third-order valence-corrected chi connectivity index (χ3v) is 5.70. The maximum absolute atomic E-state index is 12.5. The van der Waals surface area contributed by atoms with Gasteiger partial charge in [0.05, 0.1) is 20.0 Å². The zero-order chi connectivity index (χ0) is 21.6. The highest BCUT2D eigenvalue weighted by Gasteiger charge is 2.25. The molecule has 31 heavy (non-hydrogen) atoms. The number of methoxy groups -OCH3 is 1. The topological polar surface area (TPSA) is 70.4 Å². The molecule has 6 nitrogen and oxygen atoms in total. The maximum Gasteiger partial charge on any atom is 0.305 e. The summed E-state index contributed by atoms with van der Waals surface area (Å²) in [6.45, 7) is 0.594. The van der Waals surface area contributed by atoms with Crippen LogP contribution < -0.4 is 4.74 Å². The molecule has 0 radical (unpaired) electrons. The van der Waals surface area contributed by atoms with E-state index in [1.54, 1.807) is 12.5 Å². The van der Waals surface area contributed by atoms with Gasteiger partial charge in [-0.15, -0.1) is 0 Å². The van der Waals surface area contributed by atoms with E-state index in [-0.39, 0.29) is 24.3 Å². The van der Waals surface area contributed by atoms with Gasteiger partial charge in [0, 0.05) is 30.8 Å². The minimum absolute atomic E-state index is 0.158. The molecule has 0 bridgehead atoms. The summed E-state index contributed by atoms with van der Waals surface area (Å²) in [7, 11) is 1.39. The monoisotopic (exact) mass is 418 g/mol. The second-order valence-corrected chi connectivity index (χ2v) is 7.70. The Labute approximate surface area is 181 Å². The lowest BCUT2D eigenvalue weighted by Gasteiger charge is -2.25. The molecule has 1 heterocycles. The van der Waals surface area contributed by atoms with E-state index in [4.69, 9.17) is 9.47 Å². The van der Waals surface area contributed by atoms with E-state index in [9.17, 15) is 9.59 Å². The van der Waals surface area contributed by atoms with Crippen molar-refractivity contribution in [3.63, 3.8) is 0 Å². The Morgan fingerprint density at radius 1 is 1.16 bits per heavy atom. The fourth-order valence-electron chi connectivity index (χ4n) is 4.11. The average molecular weight is 418 g/mol.